The molecule has 3 aromatic rings. The van der Waals surface area contributed by atoms with Gasteiger partial charge in [-0.2, -0.15) is 0 Å². The van der Waals surface area contributed by atoms with Crippen molar-refractivity contribution in [2.24, 2.45) is 4.99 Å². The molecule has 0 saturated heterocycles. The van der Waals surface area contributed by atoms with Gasteiger partial charge in [0.1, 0.15) is 11.5 Å². The summed E-state index contributed by atoms with van der Waals surface area (Å²) in [6.07, 6.45) is 0. The molecule has 1 aromatic heterocycles. The van der Waals surface area contributed by atoms with E-state index in [-0.39, 0.29) is 5.91 Å². The number of aliphatic imine (C=N–C) groups is 1. The van der Waals surface area contributed by atoms with Crippen molar-refractivity contribution >= 4 is 46.2 Å². The smallest absolute Gasteiger partial charge is 0.277 e. The minimum atomic E-state index is -0.178. The van der Waals surface area contributed by atoms with Crippen LogP contribution >= 0.6 is 23.2 Å². The number of carbonyl (C=O) groups is 1. The van der Waals surface area contributed by atoms with Gasteiger partial charge in [-0.15, -0.1) is 0 Å². The van der Waals surface area contributed by atoms with Gasteiger partial charge in [0.15, 0.2) is 0 Å². The van der Waals surface area contributed by atoms with Gasteiger partial charge < -0.3 is 9.42 Å². The molecule has 150 valence electrons. The zero-order valence-electron chi connectivity index (χ0n) is 16.7. The Kier molecular flexibility index (Phi) is 6.40. The van der Waals surface area contributed by atoms with Crippen LogP contribution in [0.2, 0.25) is 10.0 Å². The van der Waals surface area contributed by atoms with Gasteiger partial charge in [-0.05, 0) is 38.1 Å². The van der Waals surface area contributed by atoms with Crippen molar-refractivity contribution in [1.29, 1.82) is 0 Å². The molecule has 0 saturated carbocycles. The van der Waals surface area contributed by atoms with Crippen LogP contribution in [0.3, 0.4) is 0 Å². The molecule has 1 aliphatic rings. The molecule has 2 heterocycles. The van der Waals surface area contributed by atoms with Gasteiger partial charge in [0.25, 0.3) is 5.91 Å². The molecule has 1 aliphatic heterocycles. The van der Waals surface area contributed by atoms with E-state index in [9.17, 15) is 4.79 Å². The molecule has 4 rings (SSSR count). The van der Waals surface area contributed by atoms with Crippen molar-refractivity contribution in [2.75, 3.05) is 4.90 Å². The molecule has 0 atom stereocenters. The number of aromatic nitrogens is 1. The van der Waals surface area contributed by atoms with Crippen LogP contribution in [0, 0.1) is 13.8 Å². The summed E-state index contributed by atoms with van der Waals surface area (Å²) in [7, 11) is 0. The third-order valence-electron chi connectivity index (χ3n) is 4.54. The van der Waals surface area contributed by atoms with Gasteiger partial charge in [0.05, 0.1) is 33.7 Å². The number of hydrogen-bond donors (Lipinski definition) is 0. The zero-order chi connectivity index (χ0) is 21.1. The van der Waals surface area contributed by atoms with E-state index >= 15 is 0 Å². The molecule has 0 spiro atoms. The predicted molar refractivity (Wildman–Crippen MR) is 118 cm³/mol. The summed E-state index contributed by atoms with van der Waals surface area (Å²) >= 11 is 12.0. The Morgan fingerprint density at radius 1 is 1.07 bits per heavy atom. The molecule has 0 aliphatic carbocycles. The number of halogens is 2. The Morgan fingerprint density at radius 3 is 2.45 bits per heavy atom. The molecular formula is C22H21Cl2N3O2. The summed E-state index contributed by atoms with van der Waals surface area (Å²) in [5.74, 6) is 0.523. The largest absolute Gasteiger partial charge is 0.361 e. The van der Waals surface area contributed by atoms with E-state index in [4.69, 9.17) is 27.7 Å². The highest BCUT2D eigenvalue weighted by Gasteiger charge is 2.34. The minimum absolute atomic E-state index is 0.178. The number of para-hydroxylation sites is 1. The number of anilines is 1. The van der Waals surface area contributed by atoms with Gasteiger partial charge in [-0.3, -0.25) is 4.79 Å². The number of carbonyl (C=O) groups excluding carboxylic acids is 1. The fourth-order valence-corrected chi connectivity index (χ4v) is 3.39. The summed E-state index contributed by atoms with van der Waals surface area (Å²) in [6.45, 7) is 8.08. The van der Waals surface area contributed by atoms with E-state index in [2.05, 4.69) is 10.1 Å². The fourth-order valence-electron chi connectivity index (χ4n) is 3.10. The van der Waals surface area contributed by atoms with Crippen LogP contribution in [0.15, 0.2) is 52.0 Å². The molecule has 7 heteroatoms. The molecule has 0 fully saturated rings. The van der Waals surface area contributed by atoms with Crippen molar-refractivity contribution in [1.82, 2.24) is 5.16 Å². The van der Waals surface area contributed by atoms with E-state index in [0.29, 0.717) is 33.7 Å². The van der Waals surface area contributed by atoms with Crippen molar-refractivity contribution in [2.45, 2.75) is 34.2 Å². The van der Waals surface area contributed by atoms with Crippen LogP contribution in [0.25, 0.3) is 0 Å². The van der Waals surface area contributed by atoms with Crippen LogP contribution in [0.4, 0.5) is 11.4 Å². The minimum Gasteiger partial charge on any atom is -0.361 e. The molecule has 0 bridgehead atoms. The maximum Gasteiger partial charge on any atom is 0.277 e. The second-order valence-corrected chi connectivity index (χ2v) is 7.08. The summed E-state index contributed by atoms with van der Waals surface area (Å²) < 4.78 is 5.23. The van der Waals surface area contributed by atoms with E-state index < -0.39 is 0 Å². The summed E-state index contributed by atoms with van der Waals surface area (Å²) in [4.78, 5) is 19.4. The van der Waals surface area contributed by atoms with E-state index in [0.717, 1.165) is 22.5 Å². The third kappa shape index (κ3) is 4.07. The Balaban J connectivity index is 0.00000117. The van der Waals surface area contributed by atoms with Crippen molar-refractivity contribution < 1.29 is 9.32 Å². The first kappa shape index (κ1) is 21.1. The first-order chi connectivity index (χ1) is 14.0. The molecule has 1 amide bonds. The molecule has 29 heavy (non-hydrogen) atoms. The average Bonchev–Trinajstić information content (AvgIpc) is 3.18. The quantitative estimate of drug-likeness (QED) is 0.491. The van der Waals surface area contributed by atoms with Crippen LogP contribution < -0.4 is 4.90 Å². The highest BCUT2D eigenvalue weighted by molar-refractivity contribution is 6.54. The summed E-state index contributed by atoms with van der Waals surface area (Å²) in [6, 6.07) is 12.6. The van der Waals surface area contributed by atoms with Crippen LogP contribution in [0.5, 0.6) is 0 Å². The van der Waals surface area contributed by atoms with Crippen LogP contribution in [0.1, 0.15) is 36.4 Å². The number of aryl methyl sites for hydroxylation is 2. The number of amides is 1. The Morgan fingerprint density at radius 2 is 1.79 bits per heavy atom. The zero-order valence-corrected chi connectivity index (χ0v) is 18.2. The monoisotopic (exact) mass is 429 g/mol. The normalized spacial score (nSPS) is 14.1. The number of rotatable bonds is 3. The van der Waals surface area contributed by atoms with E-state index in [1.54, 1.807) is 23.1 Å². The molecule has 0 radical (unpaired) electrons. The van der Waals surface area contributed by atoms with Gasteiger partial charge in [-0.25, -0.2) is 4.99 Å². The molecular weight excluding hydrogens is 409 g/mol. The molecule has 0 N–H and O–H groups in total. The first-order valence-electron chi connectivity index (χ1n) is 9.32. The Bertz CT molecular complexity index is 1070. The number of benzene rings is 2. The lowest BCUT2D eigenvalue weighted by molar-refractivity contribution is -0.112. The number of hydrogen-bond acceptors (Lipinski definition) is 4. The SMILES string of the molecule is CC.Cc1noc(C)c1CN1C(=O)C(=Nc2ccc(Cl)c(Cl)c2)c2ccccc21. The Hall–Kier alpha value is -2.63. The number of fused-ring (bicyclic) bond motifs is 1. The van der Waals surface area contributed by atoms with Crippen molar-refractivity contribution in [3.63, 3.8) is 0 Å². The molecule has 5 nitrogen and oxygen atoms in total. The highest BCUT2D eigenvalue weighted by Crippen LogP contribution is 2.34. The topological polar surface area (TPSA) is 58.7 Å². The first-order valence-corrected chi connectivity index (χ1v) is 10.1. The van der Waals surface area contributed by atoms with Crippen LogP contribution in [-0.4, -0.2) is 16.8 Å². The Labute approximate surface area is 179 Å². The van der Waals surface area contributed by atoms with Crippen molar-refractivity contribution in [3.05, 3.63) is 75.1 Å². The fraction of sp³-hybridized carbons (Fsp3) is 0.227. The van der Waals surface area contributed by atoms with Gasteiger partial charge >= 0.3 is 0 Å². The maximum atomic E-state index is 13.2. The number of nitrogens with zero attached hydrogens (tertiary/aromatic N) is 3. The highest BCUT2D eigenvalue weighted by atomic mass is 35.5. The van der Waals surface area contributed by atoms with E-state index in [1.165, 1.54) is 0 Å². The van der Waals surface area contributed by atoms with Crippen molar-refractivity contribution in [3.8, 4) is 0 Å². The average molecular weight is 430 g/mol. The third-order valence-corrected chi connectivity index (χ3v) is 5.28. The standard InChI is InChI=1S/C20H15Cl2N3O2.C2H6/c1-11-15(12(2)27-24-11)10-25-18-6-4-3-5-14(18)19(20(25)26)23-13-7-8-16(21)17(22)9-13;1-2/h3-9H,10H2,1-2H3;1-2H3. The molecule has 2 aromatic carbocycles. The summed E-state index contributed by atoms with van der Waals surface area (Å²) in [5.41, 5.74) is 4.20. The van der Waals surface area contributed by atoms with Gasteiger partial charge in [-0.1, -0.05) is 60.4 Å². The molecule has 0 unspecified atom stereocenters. The summed E-state index contributed by atoms with van der Waals surface area (Å²) in [5, 5.41) is 4.81. The predicted octanol–water partition coefficient (Wildman–Crippen LogP) is 6.29. The van der Waals surface area contributed by atoms with Gasteiger partial charge in [0, 0.05) is 11.1 Å². The lowest BCUT2D eigenvalue weighted by Crippen LogP contribution is -2.29. The van der Waals surface area contributed by atoms with Gasteiger partial charge in [0.2, 0.25) is 0 Å². The second kappa shape index (κ2) is 8.80. The maximum absolute atomic E-state index is 13.2. The lowest BCUT2D eigenvalue weighted by Gasteiger charge is -2.16. The van der Waals surface area contributed by atoms with E-state index in [1.807, 2.05) is 52.0 Å². The lowest BCUT2D eigenvalue weighted by atomic mass is 10.1. The second-order valence-electron chi connectivity index (χ2n) is 6.27. The van der Waals surface area contributed by atoms with Crippen LogP contribution in [-0.2, 0) is 11.3 Å².